The third kappa shape index (κ3) is 3.13. The molecule has 0 fully saturated rings. The molecule has 0 aliphatic carbocycles. The molecule has 0 spiro atoms. The maximum Gasteiger partial charge on any atom is 0.200 e. The highest BCUT2D eigenvalue weighted by atomic mass is 16.3. The van der Waals surface area contributed by atoms with Crippen molar-refractivity contribution in [3.8, 4) is 16.8 Å². The van der Waals surface area contributed by atoms with Gasteiger partial charge in [-0.1, -0.05) is 78.9 Å². The average molecular weight is 528 g/mol. The zero-order valence-corrected chi connectivity index (χ0v) is 21.8. The predicted molar refractivity (Wildman–Crippen MR) is 167 cm³/mol. The SMILES string of the molecule is O=c1c2ccc(-n3c4ccccc4c4cc5c(cc43)oc3ccccc35)cc2oc2c(-c3ccccc3)cccc12. The van der Waals surface area contributed by atoms with Crippen LogP contribution in [-0.4, -0.2) is 4.57 Å². The van der Waals surface area contributed by atoms with Crippen molar-refractivity contribution in [3.63, 3.8) is 0 Å². The number of nitrogens with zero attached hydrogens (tertiary/aromatic N) is 1. The molecule has 0 radical (unpaired) electrons. The molecule has 0 N–H and O–H groups in total. The molecule has 9 aromatic rings. The molecular formula is C37H21NO3. The summed E-state index contributed by atoms with van der Waals surface area (Å²) in [5.41, 5.74) is 7.77. The van der Waals surface area contributed by atoms with Gasteiger partial charge >= 0.3 is 0 Å². The Morgan fingerprint density at radius 1 is 0.463 bits per heavy atom. The number of fused-ring (bicyclic) bond motifs is 8. The lowest BCUT2D eigenvalue weighted by atomic mass is 10.0. The number of furan rings is 1. The maximum absolute atomic E-state index is 13.6. The quantitative estimate of drug-likeness (QED) is 0.210. The number of rotatable bonds is 2. The maximum atomic E-state index is 13.6. The number of benzene rings is 6. The van der Waals surface area contributed by atoms with Gasteiger partial charge in [0.15, 0.2) is 0 Å². The number of hydrogen-bond acceptors (Lipinski definition) is 3. The van der Waals surface area contributed by atoms with E-state index in [0.717, 1.165) is 60.6 Å². The fraction of sp³-hybridized carbons (Fsp3) is 0. The van der Waals surface area contributed by atoms with Gasteiger partial charge in [-0.25, -0.2) is 0 Å². The van der Waals surface area contributed by atoms with Gasteiger partial charge in [0.25, 0.3) is 0 Å². The van der Waals surface area contributed by atoms with Gasteiger partial charge in [-0.05, 0) is 42.0 Å². The summed E-state index contributed by atoms with van der Waals surface area (Å²) >= 11 is 0. The van der Waals surface area contributed by atoms with E-state index in [4.69, 9.17) is 8.83 Å². The molecule has 4 nitrogen and oxygen atoms in total. The molecule has 0 bridgehead atoms. The van der Waals surface area contributed by atoms with Crippen LogP contribution in [0.15, 0.2) is 141 Å². The molecule has 3 heterocycles. The highest BCUT2D eigenvalue weighted by molar-refractivity contribution is 6.17. The van der Waals surface area contributed by atoms with E-state index >= 15 is 0 Å². The molecule has 0 unspecified atom stereocenters. The van der Waals surface area contributed by atoms with Crippen LogP contribution in [0.1, 0.15) is 0 Å². The molecule has 4 heteroatoms. The lowest BCUT2D eigenvalue weighted by Crippen LogP contribution is -2.03. The first-order valence-electron chi connectivity index (χ1n) is 13.6. The van der Waals surface area contributed by atoms with Gasteiger partial charge in [0, 0.05) is 44.9 Å². The van der Waals surface area contributed by atoms with Crippen molar-refractivity contribution >= 4 is 65.7 Å². The van der Waals surface area contributed by atoms with E-state index in [9.17, 15) is 4.79 Å². The monoisotopic (exact) mass is 527 g/mol. The Kier molecular flexibility index (Phi) is 4.44. The van der Waals surface area contributed by atoms with Gasteiger partial charge in [0.1, 0.15) is 22.3 Å². The number of hydrogen-bond donors (Lipinski definition) is 0. The van der Waals surface area contributed by atoms with Crippen molar-refractivity contribution in [2.75, 3.05) is 0 Å². The zero-order chi connectivity index (χ0) is 27.1. The molecule has 6 aromatic carbocycles. The fourth-order valence-electron chi connectivity index (χ4n) is 6.31. The summed E-state index contributed by atoms with van der Waals surface area (Å²) in [6, 6.07) is 42.6. The van der Waals surface area contributed by atoms with E-state index in [1.807, 2.05) is 84.9 Å². The lowest BCUT2D eigenvalue weighted by Gasteiger charge is -2.11. The average Bonchev–Trinajstić information content (AvgIpc) is 3.55. The summed E-state index contributed by atoms with van der Waals surface area (Å²) in [4.78, 5) is 13.6. The highest BCUT2D eigenvalue weighted by Gasteiger charge is 2.18. The van der Waals surface area contributed by atoms with Gasteiger partial charge in [0.2, 0.25) is 5.43 Å². The summed E-state index contributed by atoms with van der Waals surface area (Å²) in [5.74, 6) is 0. The van der Waals surface area contributed by atoms with E-state index in [0.29, 0.717) is 21.9 Å². The first-order valence-corrected chi connectivity index (χ1v) is 13.6. The van der Waals surface area contributed by atoms with Crippen LogP contribution in [-0.2, 0) is 0 Å². The molecule has 9 rings (SSSR count). The Hall–Kier alpha value is -5.61. The van der Waals surface area contributed by atoms with Crippen LogP contribution in [0.3, 0.4) is 0 Å². The van der Waals surface area contributed by atoms with Crippen molar-refractivity contribution in [1.82, 2.24) is 4.57 Å². The Morgan fingerprint density at radius 2 is 1.22 bits per heavy atom. The minimum Gasteiger partial charge on any atom is -0.456 e. The van der Waals surface area contributed by atoms with Crippen LogP contribution in [0.4, 0.5) is 0 Å². The summed E-state index contributed by atoms with van der Waals surface area (Å²) in [6.07, 6.45) is 0. The highest BCUT2D eigenvalue weighted by Crippen LogP contribution is 2.39. The van der Waals surface area contributed by atoms with E-state index in [-0.39, 0.29) is 5.43 Å². The van der Waals surface area contributed by atoms with Crippen molar-refractivity contribution in [1.29, 1.82) is 0 Å². The molecule has 0 atom stereocenters. The second-order valence-electron chi connectivity index (χ2n) is 10.5. The van der Waals surface area contributed by atoms with Gasteiger partial charge in [-0.15, -0.1) is 0 Å². The van der Waals surface area contributed by atoms with Gasteiger partial charge < -0.3 is 13.4 Å². The Labute approximate surface area is 233 Å². The molecule has 3 aromatic heterocycles. The minimum atomic E-state index is -0.0308. The Balaban J connectivity index is 1.35. The van der Waals surface area contributed by atoms with E-state index in [2.05, 4.69) is 47.0 Å². The van der Waals surface area contributed by atoms with E-state index in [1.54, 1.807) is 0 Å². The van der Waals surface area contributed by atoms with Crippen molar-refractivity contribution in [3.05, 3.63) is 138 Å². The molecule has 0 saturated heterocycles. The molecular weight excluding hydrogens is 506 g/mol. The van der Waals surface area contributed by atoms with Crippen LogP contribution in [0.25, 0.3) is 82.5 Å². The Bertz CT molecular complexity index is 2550. The molecule has 0 amide bonds. The largest absolute Gasteiger partial charge is 0.456 e. The van der Waals surface area contributed by atoms with Crippen LogP contribution in [0.2, 0.25) is 0 Å². The van der Waals surface area contributed by atoms with E-state index in [1.165, 1.54) is 0 Å². The summed E-state index contributed by atoms with van der Waals surface area (Å²) in [6.45, 7) is 0. The first-order chi connectivity index (χ1) is 20.2. The fourth-order valence-corrected chi connectivity index (χ4v) is 6.31. The van der Waals surface area contributed by atoms with Crippen molar-refractivity contribution in [2.24, 2.45) is 0 Å². The number of aromatic nitrogens is 1. The molecule has 0 aliphatic rings. The van der Waals surface area contributed by atoms with Crippen LogP contribution >= 0.6 is 0 Å². The first kappa shape index (κ1) is 22.2. The topological polar surface area (TPSA) is 48.3 Å². The summed E-state index contributed by atoms with van der Waals surface area (Å²) in [7, 11) is 0. The van der Waals surface area contributed by atoms with Crippen molar-refractivity contribution < 1.29 is 8.83 Å². The van der Waals surface area contributed by atoms with Gasteiger partial charge in [-0.2, -0.15) is 0 Å². The molecule has 0 aliphatic heterocycles. The normalized spacial score (nSPS) is 12.0. The number of para-hydroxylation sites is 3. The second kappa shape index (κ2) is 8.20. The Morgan fingerprint density at radius 3 is 2.12 bits per heavy atom. The zero-order valence-electron chi connectivity index (χ0n) is 21.8. The molecule has 0 saturated carbocycles. The summed E-state index contributed by atoms with van der Waals surface area (Å²) < 4.78 is 15.0. The smallest absolute Gasteiger partial charge is 0.200 e. The summed E-state index contributed by atoms with van der Waals surface area (Å²) in [5, 5.41) is 5.64. The van der Waals surface area contributed by atoms with Crippen LogP contribution in [0, 0.1) is 0 Å². The second-order valence-corrected chi connectivity index (χ2v) is 10.5. The van der Waals surface area contributed by atoms with Crippen molar-refractivity contribution in [2.45, 2.75) is 0 Å². The minimum absolute atomic E-state index is 0.0308. The van der Waals surface area contributed by atoms with Crippen LogP contribution in [0.5, 0.6) is 0 Å². The van der Waals surface area contributed by atoms with E-state index < -0.39 is 0 Å². The lowest BCUT2D eigenvalue weighted by molar-refractivity contribution is 0.661. The van der Waals surface area contributed by atoms with Crippen LogP contribution < -0.4 is 5.43 Å². The molecule has 41 heavy (non-hydrogen) atoms. The molecule has 192 valence electrons. The third-order valence-corrected chi connectivity index (χ3v) is 8.20. The predicted octanol–water partition coefficient (Wildman–Crippen LogP) is 9.61. The van der Waals surface area contributed by atoms with Gasteiger partial charge in [-0.3, -0.25) is 4.79 Å². The standard InChI is InChI=1S/C37H21NO3/c39-36-27-18-17-23(19-34(27)41-37-24(13-8-14-28(36)37)22-9-2-1-3-10-22)38-31-15-6-4-11-25(31)29-20-30-26-12-5-7-16-33(26)40-35(30)21-32(29)38/h1-21H. The van der Waals surface area contributed by atoms with Gasteiger partial charge in [0.05, 0.1) is 21.8 Å². The third-order valence-electron chi connectivity index (χ3n) is 8.20.